The minimum Gasteiger partial charge on any atom is -0.356 e. The van der Waals surface area contributed by atoms with Crippen LogP contribution in [0.4, 0.5) is 0 Å². The van der Waals surface area contributed by atoms with Crippen molar-refractivity contribution in [2.45, 2.75) is 19.9 Å². The van der Waals surface area contributed by atoms with Gasteiger partial charge in [-0.05, 0) is 37.6 Å². The summed E-state index contributed by atoms with van der Waals surface area (Å²) in [6, 6.07) is 9.24. The van der Waals surface area contributed by atoms with E-state index >= 15 is 0 Å². The lowest BCUT2D eigenvalue weighted by molar-refractivity contribution is 0.0737. The number of hydrogen-bond donors (Lipinski definition) is 1. The third kappa shape index (κ3) is 3.35. The van der Waals surface area contributed by atoms with E-state index in [1.54, 1.807) is 35.2 Å². The van der Waals surface area contributed by atoms with Gasteiger partial charge in [-0.2, -0.15) is 5.10 Å². The summed E-state index contributed by atoms with van der Waals surface area (Å²) >= 11 is 0. The van der Waals surface area contributed by atoms with Crippen LogP contribution in [0.15, 0.2) is 49.2 Å². The smallest absolute Gasteiger partial charge is 0.270 e. The molecule has 0 spiro atoms. The Balaban J connectivity index is 1.75. The summed E-state index contributed by atoms with van der Waals surface area (Å²) in [6.45, 7) is 3.43. The second-order valence-electron chi connectivity index (χ2n) is 5.88. The zero-order chi connectivity index (χ0) is 18.0. The molecule has 0 radical (unpaired) electrons. The van der Waals surface area contributed by atoms with Gasteiger partial charge in [0.1, 0.15) is 18.3 Å². The lowest BCUT2D eigenvalue weighted by Gasteiger charge is -2.25. The van der Waals surface area contributed by atoms with Crippen molar-refractivity contribution in [1.29, 1.82) is 0 Å². The molecule has 0 saturated carbocycles. The number of nitrogens with zero attached hydrogens (tertiary/aromatic N) is 4. The Bertz CT molecular complexity index is 881. The molecule has 3 rings (SSSR count). The highest BCUT2D eigenvalue weighted by Crippen LogP contribution is 2.22. The highest BCUT2D eigenvalue weighted by Gasteiger charge is 2.20. The predicted octanol–water partition coefficient (Wildman–Crippen LogP) is 2.63. The van der Waals surface area contributed by atoms with Crippen molar-refractivity contribution in [2.24, 2.45) is 0 Å². The summed E-state index contributed by atoms with van der Waals surface area (Å²) in [7, 11) is 1.74. The van der Waals surface area contributed by atoms with Crippen LogP contribution in [-0.2, 0) is 0 Å². The number of nitrogens with one attached hydrogen (secondary N) is 1. The number of aromatic nitrogens is 4. The number of aromatic amines is 1. The first-order valence-corrected chi connectivity index (χ1v) is 7.89. The maximum atomic E-state index is 12.6. The van der Waals surface area contributed by atoms with Crippen molar-refractivity contribution in [3.63, 3.8) is 0 Å². The molecule has 3 aromatic rings. The van der Waals surface area contributed by atoms with Crippen LogP contribution >= 0.6 is 0 Å². The molecule has 0 aliphatic heterocycles. The van der Waals surface area contributed by atoms with Gasteiger partial charge >= 0.3 is 0 Å². The van der Waals surface area contributed by atoms with E-state index in [0.717, 1.165) is 11.3 Å². The Labute approximate surface area is 145 Å². The molecular formula is C18H19N5O2. The number of carbonyl (C=O) groups excluding carboxylic acids is 2. The second-order valence-corrected chi connectivity index (χ2v) is 5.88. The van der Waals surface area contributed by atoms with Gasteiger partial charge in [-0.25, -0.2) is 9.67 Å². The Morgan fingerprint density at radius 2 is 1.96 bits per heavy atom. The van der Waals surface area contributed by atoms with Gasteiger partial charge in [-0.1, -0.05) is 12.1 Å². The van der Waals surface area contributed by atoms with Crippen molar-refractivity contribution in [1.82, 2.24) is 24.6 Å². The zero-order valence-electron chi connectivity index (χ0n) is 14.3. The van der Waals surface area contributed by atoms with Crippen molar-refractivity contribution >= 4 is 11.7 Å². The molecule has 2 heterocycles. The van der Waals surface area contributed by atoms with Crippen LogP contribution in [0.2, 0.25) is 0 Å². The minimum atomic E-state index is -0.166. The van der Waals surface area contributed by atoms with Crippen molar-refractivity contribution in [3.8, 4) is 5.69 Å². The van der Waals surface area contributed by atoms with Gasteiger partial charge in [-0.3, -0.25) is 9.59 Å². The highest BCUT2D eigenvalue weighted by atomic mass is 16.2. The Kier molecular flexibility index (Phi) is 4.47. The van der Waals surface area contributed by atoms with Crippen LogP contribution in [0.5, 0.6) is 0 Å². The van der Waals surface area contributed by atoms with E-state index in [2.05, 4.69) is 15.1 Å². The number of Topliss-reactive ketones (excluding diaryl/α,β-unsaturated/α-hetero) is 1. The normalized spacial score (nSPS) is 12.0. The van der Waals surface area contributed by atoms with E-state index in [0.29, 0.717) is 11.3 Å². The van der Waals surface area contributed by atoms with E-state index < -0.39 is 0 Å². The fourth-order valence-corrected chi connectivity index (χ4v) is 2.56. The van der Waals surface area contributed by atoms with Gasteiger partial charge < -0.3 is 9.88 Å². The molecule has 0 unspecified atom stereocenters. The van der Waals surface area contributed by atoms with Crippen LogP contribution in [0.1, 0.15) is 46.3 Å². The number of ketones is 1. The molecule has 1 amide bonds. The molecule has 7 nitrogen and oxygen atoms in total. The van der Waals surface area contributed by atoms with Gasteiger partial charge in [-0.15, -0.1) is 0 Å². The van der Waals surface area contributed by atoms with Crippen LogP contribution in [0.3, 0.4) is 0 Å². The number of carbonyl (C=O) groups is 2. The van der Waals surface area contributed by atoms with E-state index in [1.807, 2.05) is 31.2 Å². The molecule has 25 heavy (non-hydrogen) atoms. The third-order valence-corrected chi connectivity index (χ3v) is 4.28. The molecule has 1 N–H and O–H groups in total. The van der Waals surface area contributed by atoms with Crippen LogP contribution < -0.4 is 0 Å². The number of H-pyrrole nitrogens is 1. The van der Waals surface area contributed by atoms with Gasteiger partial charge in [0.25, 0.3) is 5.91 Å². The standard InChI is InChI=1S/C18H19N5O2/c1-12(14-4-6-16(7-5-14)23-11-19-10-21-23)22(3)18(25)17-8-15(9-20-17)13(2)24/h4-12,20H,1-3H3/t12-/m1/s1. The third-order valence-electron chi connectivity index (χ3n) is 4.28. The second kappa shape index (κ2) is 6.72. The van der Waals surface area contributed by atoms with Gasteiger partial charge in [0.15, 0.2) is 5.78 Å². The predicted molar refractivity (Wildman–Crippen MR) is 92.7 cm³/mol. The Morgan fingerprint density at radius 1 is 1.24 bits per heavy atom. The molecule has 1 aromatic carbocycles. The molecule has 0 saturated heterocycles. The quantitative estimate of drug-likeness (QED) is 0.725. The van der Waals surface area contributed by atoms with Crippen LogP contribution in [-0.4, -0.2) is 43.4 Å². The first-order chi connectivity index (χ1) is 12.0. The average Bonchev–Trinajstić information content (AvgIpc) is 3.31. The summed E-state index contributed by atoms with van der Waals surface area (Å²) in [5.41, 5.74) is 2.80. The molecule has 0 aliphatic carbocycles. The maximum absolute atomic E-state index is 12.6. The fraction of sp³-hybridized carbons (Fsp3) is 0.222. The first kappa shape index (κ1) is 16.6. The van der Waals surface area contributed by atoms with Crippen molar-refractivity contribution < 1.29 is 9.59 Å². The van der Waals surface area contributed by atoms with E-state index in [4.69, 9.17) is 0 Å². The summed E-state index contributed by atoms with van der Waals surface area (Å²) in [5.74, 6) is -0.241. The molecule has 1 atom stereocenters. The summed E-state index contributed by atoms with van der Waals surface area (Å²) < 4.78 is 1.67. The molecule has 2 aromatic heterocycles. The van der Waals surface area contributed by atoms with E-state index in [9.17, 15) is 9.59 Å². The van der Waals surface area contributed by atoms with Crippen molar-refractivity contribution in [3.05, 3.63) is 66.0 Å². The fourth-order valence-electron chi connectivity index (χ4n) is 2.56. The van der Waals surface area contributed by atoms with Gasteiger partial charge in [0.2, 0.25) is 0 Å². The van der Waals surface area contributed by atoms with Crippen LogP contribution in [0.25, 0.3) is 5.69 Å². The maximum Gasteiger partial charge on any atom is 0.270 e. The molecule has 128 valence electrons. The minimum absolute atomic E-state index is 0.0744. The number of benzene rings is 1. The SMILES string of the molecule is CC(=O)c1c[nH]c(C(=O)N(C)[C@H](C)c2ccc(-n3cncn3)cc2)c1. The summed E-state index contributed by atoms with van der Waals surface area (Å²) in [5, 5.41) is 4.09. The molecule has 7 heteroatoms. The largest absolute Gasteiger partial charge is 0.356 e. The Morgan fingerprint density at radius 3 is 2.52 bits per heavy atom. The van der Waals surface area contributed by atoms with Crippen molar-refractivity contribution in [2.75, 3.05) is 7.05 Å². The molecule has 0 bridgehead atoms. The zero-order valence-corrected chi connectivity index (χ0v) is 14.3. The number of rotatable bonds is 5. The first-order valence-electron chi connectivity index (χ1n) is 7.89. The molecule has 0 fully saturated rings. The van der Waals surface area contributed by atoms with Gasteiger partial charge in [0, 0.05) is 18.8 Å². The van der Waals surface area contributed by atoms with E-state index in [-0.39, 0.29) is 17.7 Å². The van der Waals surface area contributed by atoms with Crippen LogP contribution in [0, 0.1) is 0 Å². The Hall–Kier alpha value is -3.22. The molecule has 0 aliphatic rings. The average molecular weight is 337 g/mol. The summed E-state index contributed by atoms with van der Waals surface area (Å²) in [6.07, 6.45) is 4.67. The van der Waals surface area contributed by atoms with Gasteiger partial charge in [0.05, 0.1) is 11.7 Å². The lowest BCUT2D eigenvalue weighted by Crippen LogP contribution is -2.29. The highest BCUT2D eigenvalue weighted by molar-refractivity contribution is 5.99. The van der Waals surface area contributed by atoms with E-state index in [1.165, 1.54) is 13.3 Å². The number of amides is 1. The molecular weight excluding hydrogens is 318 g/mol. The number of hydrogen-bond acceptors (Lipinski definition) is 4. The lowest BCUT2D eigenvalue weighted by atomic mass is 10.1. The topological polar surface area (TPSA) is 83.9 Å². The summed E-state index contributed by atoms with van der Waals surface area (Å²) in [4.78, 5) is 32.4. The monoisotopic (exact) mass is 337 g/mol.